The average molecular weight is 294 g/mol. The number of aliphatic hydroxyl groups excluding tert-OH is 1. The van der Waals surface area contributed by atoms with E-state index >= 15 is 0 Å². The Labute approximate surface area is 128 Å². The summed E-state index contributed by atoms with van der Waals surface area (Å²) in [6.45, 7) is 7.39. The molecule has 2 saturated heterocycles. The van der Waals surface area contributed by atoms with Crippen molar-refractivity contribution in [1.29, 1.82) is 0 Å². The highest BCUT2D eigenvalue weighted by atomic mass is 16.3. The molecule has 2 atom stereocenters. The van der Waals surface area contributed by atoms with E-state index in [1.807, 2.05) is 4.90 Å². The normalized spacial score (nSPS) is 33.0. The largest absolute Gasteiger partial charge is 0.396 e. The highest BCUT2D eigenvalue weighted by Gasteiger charge is 2.49. The molecule has 3 aliphatic rings. The molecule has 1 aliphatic carbocycles. The molecule has 2 aliphatic heterocycles. The number of rotatable bonds is 4. The van der Waals surface area contributed by atoms with Crippen LogP contribution in [0.2, 0.25) is 0 Å². The van der Waals surface area contributed by atoms with Crippen molar-refractivity contribution in [2.24, 2.45) is 17.3 Å². The van der Waals surface area contributed by atoms with Crippen molar-refractivity contribution < 1.29 is 9.90 Å². The third-order valence-electron chi connectivity index (χ3n) is 5.81. The summed E-state index contributed by atoms with van der Waals surface area (Å²) in [5, 5.41) is 9.68. The molecular weight excluding hydrogens is 264 g/mol. The Morgan fingerprint density at radius 2 is 1.71 bits per heavy atom. The number of amides is 1. The molecule has 3 fully saturated rings. The van der Waals surface area contributed by atoms with Gasteiger partial charge in [0.25, 0.3) is 0 Å². The zero-order valence-corrected chi connectivity index (χ0v) is 13.4. The second-order valence-electron chi connectivity index (χ2n) is 7.69. The predicted octanol–water partition coefficient (Wildman–Crippen LogP) is 1.73. The summed E-state index contributed by atoms with van der Waals surface area (Å²) >= 11 is 0. The highest BCUT2D eigenvalue weighted by molar-refractivity contribution is 5.85. The van der Waals surface area contributed by atoms with Gasteiger partial charge in [-0.15, -0.1) is 0 Å². The number of carbonyl (C=O) groups is 1. The lowest BCUT2D eigenvalue weighted by Gasteiger charge is -2.26. The van der Waals surface area contributed by atoms with Crippen LogP contribution in [0.1, 0.15) is 45.4 Å². The maximum absolute atomic E-state index is 12.5. The monoisotopic (exact) mass is 294 g/mol. The fourth-order valence-electron chi connectivity index (χ4n) is 3.95. The number of hydrogen-bond acceptors (Lipinski definition) is 3. The molecule has 2 heterocycles. The molecule has 0 unspecified atom stereocenters. The molecule has 1 saturated carbocycles. The minimum atomic E-state index is -0.0719. The van der Waals surface area contributed by atoms with Crippen LogP contribution >= 0.6 is 0 Å². The molecule has 1 amide bonds. The number of hydrogen-bond donors (Lipinski definition) is 1. The van der Waals surface area contributed by atoms with Gasteiger partial charge in [0, 0.05) is 37.6 Å². The van der Waals surface area contributed by atoms with E-state index in [1.165, 1.54) is 38.8 Å². The maximum Gasteiger partial charge on any atom is 0.228 e. The number of aliphatic hydroxyl groups is 1. The van der Waals surface area contributed by atoms with Crippen molar-refractivity contribution >= 4 is 5.91 Å². The fourth-order valence-corrected chi connectivity index (χ4v) is 3.95. The van der Waals surface area contributed by atoms with E-state index in [4.69, 9.17) is 0 Å². The molecule has 0 aromatic carbocycles. The lowest BCUT2D eigenvalue weighted by atomic mass is 9.96. The van der Waals surface area contributed by atoms with Gasteiger partial charge in [0.15, 0.2) is 0 Å². The van der Waals surface area contributed by atoms with Gasteiger partial charge in [0.2, 0.25) is 5.91 Å². The van der Waals surface area contributed by atoms with E-state index in [0.717, 1.165) is 32.5 Å². The first-order valence-corrected chi connectivity index (χ1v) is 8.75. The quantitative estimate of drug-likeness (QED) is 0.859. The van der Waals surface area contributed by atoms with Crippen molar-refractivity contribution in [3.8, 4) is 0 Å². The van der Waals surface area contributed by atoms with Gasteiger partial charge in [0.05, 0.1) is 0 Å². The smallest absolute Gasteiger partial charge is 0.228 e. The lowest BCUT2D eigenvalue weighted by Crippen LogP contribution is -2.36. The van der Waals surface area contributed by atoms with E-state index in [-0.39, 0.29) is 17.9 Å². The summed E-state index contributed by atoms with van der Waals surface area (Å²) in [4.78, 5) is 17.1. The molecular formula is C17H30N2O2. The van der Waals surface area contributed by atoms with Crippen molar-refractivity contribution in [2.45, 2.75) is 45.4 Å². The van der Waals surface area contributed by atoms with Crippen LogP contribution in [-0.4, -0.2) is 60.1 Å². The summed E-state index contributed by atoms with van der Waals surface area (Å²) in [6, 6.07) is 0. The van der Waals surface area contributed by atoms with Crippen LogP contribution in [0.4, 0.5) is 0 Å². The van der Waals surface area contributed by atoms with Crippen LogP contribution in [-0.2, 0) is 4.79 Å². The van der Waals surface area contributed by atoms with E-state index in [1.54, 1.807) is 0 Å². The minimum absolute atomic E-state index is 0.0719. The standard InChI is InChI=1S/C17H30N2O2/c1-17(6-7-17)16(21)19-11-14(15(12-19)13-20)10-18-8-4-2-3-5-9-18/h14-15,20H,2-13H2,1H3/t14-,15-/m1/s1. The highest BCUT2D eigenvalue weighted by Crippen LogP contribution is 2.47. The number of likely N-dealkylation sites (tertiary alicyclic amines) is 2. The van der Waals surface area contributed by atoms with Gasteiger partial charge in [-0.1, -0.05) is 19.8 Å². The van der Waals surface area contributed by atoms with Crippen molar-refractivity contribution in [1.82, 2.24) is 9.80 Å². The van der Waals surface area contributed by atoms with Gasteiger partial charge in [-0.05, 0) is 44.7 Å². The molecule has 4 nitrogen and oxygen atoms in total. The van der Waals surface area contributed by atoms with E-state index in [2.05, 4.69) is 11.8 Å². The summed E-state index contributed by atoms with van der Waals surface area (Å²) < 4.78 is 0. The van der Waals surface area contributed by atoms with Crippen LogP contribution in [0.3, 0.4) is 0 Å². The second kappa shape index (κ2) is 6.25. The first-order valence-electron chi connectivity index (χ1n) is 8.75. The van der Waals surface area contributed by atoms with Gasteiger partial charge in [0.1, 0.15) is 0 Å². The van der Waals surface area contributed by atoms with E-state index in [0.29, 0.717) is 11.8 Å². The lowest BCUT2D eigenvalue weighted by molar-refractivity contribution is -0.135. The zero-order valence-electron chi connectivity index (χ0n) is 13.4. The first kappa shape index (κ1) is 15.3. The predicted molar refractivity (Wildman–Crippen MR) is 82.9 cm³/mol. The molecule has 0 bridgehead atoms. The molecule has 120 valence electrons. The van der Waals surface area contributed by atoms with Crippen molar-refractivity contribution in [3.05, 3.63) is 0 Å². The SMILES string of the molecule is CC1(C(=O)N2C[C@@H](CN3CCCCCC3)[C@@H](CO)C2)CC1. The molecule has 0 aromatic rings. The van der Waals surface area contributed by atoms with Crippen molar-refractivity contribution in [3.63, 3.8) is 0 Å². The Hall–Kier alpha value is -0.610. The third-order valence-corrected chi connectivity index (χ3v) is 5.81. The summed E-state index contributed by atoms with van der Waals surface area (Å²) in [6.07, 6.45) is 7.40. The van der Waals surface area contributed by atoms with Gasteiger partial charge in [-0.3, -0.25) is 4.79 Å². The summed E-state index contributed by atoms with van der Waals surface area (Å²) in [5.41, 5.74) is -0.0719. The van der Waals surface area contributed by atoms with Gasteiger partial charge in [-0.25, -0.2) is 0 Å². The Morgan fingerprint density at radius 1 is 1.10 bits per heavy atom. The Kier molecular flexibility index (Phi) is 4.55. The maximum atomic E-state index is 12.5. The second-order valence-corrected chi connectivity index (χ2v) is 7.69. The fraction of sp³-hybridized carbons (Fsp3) is 0.941. The minimum Gasteiger partial charge on any atom is -0.396 e. The number of nitrogens with zero attached hydrogens (tertiary/aromatic N) is 2. The van der Waals surface area contributed by atoms with Gasteiger partial charge in [-0.2, -0.15) is 0 Å². The molecule has 0 radical (unpaired) electrons. The zero-order chi connectivity index (χ0) is 14.9. The number of carbonyl (C=O) groups excluding carboxylic acids is 1. The van der Waals surface area contributed by atoms with Gasteiger partial charge >= 0.3 is 0 Å². The summed E-state index contributed by atoms with van der Waals surface area (Å²) in [7, 11) is 0. The van der Waals surface area contributed by atoms with Crippen LogP contribution < -0.4 is 0 Å². The Morgan fingerprint density at radius 3 is 2.29 bits per heavy atom. The first-order chi connectivity index (χ1) is 10.1. The van der Waals surface area contributed by atoms with Crippen LogP contribution in [0.5, 0.6) is 0 Å². The van der Waals surface area contributed by atoms with Crippen LogP contribution in [0, 0.1) is 17.3 Å². The molecule has 0 aromatic heterocycles. The van der Waals surface area contributed by atoms with Crippen LogP contribution in [0.25, 0.3) is 0 Å². The van der Waals surface area contributed by atoms with Crippen LogP contribution in [0.15, 0.2) is 0 Å². The molecule has 4 heteroatoms. The Balaban J connectivity index is 1.57. The third kappa shape index (κ3) is 3.42. The van der Waals surface area contributed by atoms with E-state index < -0.39 is 0 Å². The average Bonchev–Trinajstić information content (AvgIpc) is 3.17. The molecule has 21 heavy (non-hydrogen) atoms. The van der Waals surface area contributed by atoms with Crippen molar-refractivity contribution in [2.75, 3.05) is 39.3 Å². The topological polar surface area (TPSA) is 43.8 Å². The molecule has 3 rings (SSSR count). The summed E-state index contributed by atoms with van der Waals surface area (Å²) in [5.74, 6) is 1.07. The molecule has 1 N–H and O–H groups in total. The van der Waals surface area contributed by atoms with Gasteiger partial charge < -0.3 is 14.9 Å². The van der Waals surface area contributed by atoms with E-state index in [9.17, 15) is 9.90 Å². The molecule has 0 spiro atoms. The Bertz CT molecular complexity index is 373.